The fourth-order valence-corrected chi connectivity index (χ4v) is 2.26. The number of hydrogen-bond acceptors (Lipinski definition) is 4. The van der Waals surface area contributed by atoms with E-state index in [-0.39, 0.29) is 18.7 Å². The molecule has 1 N–H and O–H groups in total. The minimum Gasteiger partial charge on any atom is -0.480 e. The number of carboxylic acid groups (broad SMARTS) is 1. The maximum Gasteiger partial charge on any atom is 0.410 e. The Morgan fingerprint density at radius 3 is 2.53 bits per heavy atom. The first-order valence-electron chi connectivity index (χ1n) is 6.66. The van der Waals surface area contributed by atoms with Gasteiger partial charge in [-0.1, -0.05) is 0 Å². The Morgan fingerprint density at radius 1 is 1.42 bits per heavy atom. The van der Waals surface area contributed by atoms with Crippen molar-refractivity contribution in [1.82, 2.24) is 9.80 Å². The van der Waals surface area contributed by atoms with Crippen molar-refractivity contribution in [3.63, 3.8) is 0 Å². The van der Waals surface area contributed by atoms with Crippen LogP contribution in [0.2, 0.25) is 0 Å². The number of carbonyl (C=O) groups is 2. The van der Waals surface area contributed by atoms with Gasteiger partial charge in [-0.3, -0.25) is 9.69 Å². The lowest BCUT2D eigenvalue weighted by molar-refractivity contribution is -0.138. The van der Waals surface area contributed by atoms with E-state index in [1.807, 2.05) is 32.6 Å². The van der Waals surface area contributed by atoms with Crippen LogP contribution in [0.15, 0.2) is 0 Å². The van der Waals surface area contributed by atoms with Crippen LogP contribution >= 0.6 is 0 Å². The summed E-state index contributed by atoms with van der Waals surface area (Å²) in [6, 6.07) is 0.0409. The molecule has 1 saturated heterocycles. The minimum absolute atomic E-state index is 0.0301. The molecule has 1 aliphatic heterocycles. The molecule has 0 bridgehead atoms. The second-order valence-corrected chi connectivity index (χ2v) is 5.84. The number of hydrogen-bond donors (Lipinski definition) is 1. The van der Waals surface area contributed by atoms with Gasteiger partial charge in [0.2, 0.25) is 0 Å². The van der Waals surface area contributed by atoms with E-state index in [1.165, 1.54) is 0 Å². The maximum absolute atomic E-state index is 12.1. The van der Waals surface area contributed by atoms with Crippen LogP contribution in [0.1, 0.15) is 34.1 Å². The lowest BCUT2D eigenvalue weighted by Crippen LogP contribution is -2.44. The van der Waals surface area contributed by atoms with Crippen molar-refractivity contribution >= 4 is 12.1 Å². The molecule has 1 unspecified atom stereocenters. The quantitative estimate of drug-likeness (QED) is 0.837. The van der Waals surface area contributed by atoms with Crippen molar-refractivity contribution in [3.8, 4) is 0 Å². The first-order valence-corrected chi connectivity index (χ1v) is 6.66. The second kappa shape index (κ2) is 6.23. The molecule has 0 aliphatic carbocycles. The summed E-state index contributed by atoms with van der Waals surface area (Å²) in [5.74, 6) is -0.832. The van der Waals surface area contributed by atoms with Crippen molar-refractivity contribution in [2.45, 2.75) is 45.8 Å². The Kier molecular flexibility index (Phi) is 5.17. The smallest absolute Gasteiger partial charge is 0.410 e. The van der Waals surface area contributed by atoms with Gasteiger partial charge in [0.05, 0.1) is 6.54 Å². The summed E-state index contributed by atoms with van der Waals surface area (Å²) in [6.45, 7) is 9.32. The third-order valence-electron chi connectivity index (χ3n) is 3.02. The zero-order chi connectivity index (χ0) is 14.6. The molecule has 110 valence electrons. The van der Waals surface area contributed by atoms with Crippen LogP contribution in [-0.2, 0) is 9.53 Å². The maximum atomic E-state index is 12.1. The molecule has 1 heterocycles. The fraction of sp³-hybridized carbons (Fsp3) is 0.846. The third kappa shape index (κ3) is 5.06. The number of nitrogens with zero attached hydrogens (tertiary/aromatic N) is 2. The first kappa shape index (κ1) is 15.8. The zero-order valence-corrected chi connectivity index (χ0v) is 12.2. The second-order valence-electron chi connectivity index (χ2n) is 5.84. The number of carbonyl (C=O) groups excluding carboxylic acids is 1. The summed E-state index contributed by atoms with van der Waals surface area (Å²) in [7, 11) is 0. The molecule has 6 heteroatoms. The van der Waals surface area contributed by atoms with Crippen molar-refractivity contribution in [2.75, 3.05) is 26.2 Å². The van der Waals surface area contributed by atoms with Crippen LogP contribution in [0.3, 0.4) is 0 Å². The summed E-state index contributed by atoms with van der Waals surface area (Å²) in [5.41, 5.74) is -0.510. The molecular weight excluding hydrogens is 248 g/mol. The molecule has 19 heavy (non-hydrogen) atoms. The Labute approximate surface area is 114 Å². The van der Waals surface area contributed by atoms with Crippen LogP contribution in [-0.4, -0.2) is 64.8 Å². The number of likely N-dealkylation sites (tertiary alicyclic amines) is 1. The molecule has 0 saturated carbocycles. The van der Waals surface area contributed by atoms with Crippen molar-refractivity contribution in [3.05, 3.63) is 0 Å². The van der Waals surface area contributed by atoms with Gasteiger partial charge < -0.3 is 14.7 Å². The van der Waals surface area contributed by atoms with Gasteiger partial charge in [-0.25, -0.2) is 4.79 Å². The number of ether oxygens (including phenoxy) is 1. The average Bonchev–Trinajstić information content (AvgIpc) is 2.63. The van der Waals surface area contributed by atoms with Gasteiger partial charge in [0.1, 0.15) is 5.60 Å². The Morgan fingerprint density at radius 2 is 2.05 bits per heavy atom. The highest BCUT2D eigenvalue weighted by Gasteiger charge is 2.32. The molecule has 0 aromatic heterocycles. The van der Waals surface area contributed by atoms with E-state index in [9.17, 15) is 9.59 Å². The Balaban J connectivity index is 2.57. The molecule has 0 aromatic rings. The largest absolute Gasteiger partial charge is 0.480 e. The number of rotatable bonds is 4. The van der Waals surface area contributed by atoms with Gasteiger partial charge >= 0.3 is 12.1 Å². The van der Waals surface area contributed by atoms with Crippen LogP contribution in [0.25, 0.3) is 0 Å². The third-order valence-corrected chi connectivity index (χ3v) is 3.02. The lowest BCUT2D eigenvalue weighted by Gasteiger charge is -2.30. The molecule has 6 nitrogen and oxygen atoms in total. The van der Waals surface area contributed by atoms with E-state index < -0.39 is 11.6 Å². The molecule has 0 radical (unpaired) electrons. The minimum atomic E-state index is -0.832. The molecule has 1 amide bonds. The van der Waals surface area contributed by atoms with Crippen LogP contribution in [0, 0.1) is 0 Å². The van der Waals surface area contributed by atoms with E-state index in [2.05, 4.69) is 0 Å². The van der Waals surface area contributed by atoms with E-state index in [4.69, 9.17) is 9.84 Å². The predicted molar refractivity (Wildman–Crippen MR) is 71.1 cm³/mol. The molecule has 0 spiro atoms. The number of carboxylic acids is 1. The highest BCUT2D eigenvalue weighted by molar-refractivity contribution is 5.69. The molecule has 1 rings (SSSR count). The standard InChI is InChI=1S/C13H24N2O4/c1-5-15(12(18)19-13(2,3)4)10-6-7-14(8-10)9-11(16)17/h10H,5-9H2,1-4H3,(H,16,17). The summed E-state index contributed by atoms with van der Waals surface area (Å²) >= 11 is 0. The van der Waals surface area contributed by atoms with E-state index >= 15 is 0 Å². The van der Waals surface area contributed by atoms with Crippen molar-refractivity contribution in [2.24, 2.45) is 0 Å². The Hall–Kier alpha value is -1.30. The molecule has 1 fully saturated rings. The van der Waals surface area contributed by atoms with Gasteiger partial charge in [0.25, 0.3) is 0 Å². The van der Waals surface area contributed by atoms with E-state index in [1.54, 1.807) is 4.90 Å². The van der Waals surface area contributed by atoms with Gasteiger partial charge in [-0.2, -0.15) is 0 Å². The van der Waals surface area contributed by atoms with Crippen LogP contribution < -0.4 is 0 Å². The zero-order valence-electron chi connectivity index (χ0n) is 12.2. The molecule has 1 aliphatic rings. The van der Waals surface area contributed by atoms with Crippen LogP contribution in [0.5, 0.6) is 0 Å². The lowest BCUT2D eigenvalue weighted by atomic mass is 10.2. The summed E-state index contributed by atoms with van der Waals surface area (Å²) < 4.78 is 5.37. The average molecular weight is 272 g/mol. The summed E-state index contributed by atoms with van der Waals surface area (Å²) in [5, 5.41) is 8.77. The Bertz CT molecular complexity index is 338. The topological polar surface area (TPSA) is 70.1 Å². The molecular formula is C13H24N2O4. The molecule has 0 aromatic carbocycles. The monoisotopic (exact) mass is 272 g/mol. The van der Waals surface area contributed by atoms with Gasteiger partial charge in [0, 0.05) is 25.7 Å². The van der Waals surface area contributed by atoms with E-state index in [0.717, 1.165) is 6.42 Å². The molecule has 1 atom stereocenters. The number of amides is 1. The van der Waals surface area contributed by atoms with Crippen LogP contribution in [0.4, 0.5) is 4.79 Å². The fourth-order valence-electron chi connectivity index (χ4n) is 2.26. The van der Waals surface area contributed by atoms with E-state index in [0.29, 0.717) is 19.6 Å². The predicted octanol–water partition coefficient (Wildman–Crippen LogP) is 1.40. The van der Waals surface area contributed by atoms with Crippen molar-refractivity contribution in [1.29, 1.82) is 0 Å². The number of likely N-dealkylation sites (N-methyl/N-ethyl adjacent to an activating group) is 1. The normalized spacial score (nSPS) is 20.3. The SMILES string of the molecule is CCN(C(=O)OC(C)(C)C)C1CCN(CC(=O)O)C1. The summed E-state index contributed by atoms with van der Waals surface area (Å²) in [6.07, 6.45) is 0.470. The van der Waals surface area contributed by atoms with Gasteiger partial charge in [-0.05, 0) is 34.1 Å². The number of aliphatic carboxylic acids is 1. The van der Waals surface area contributed by atoms with Gasteiger partial charge in [0.15, 0.2) is 0 Å². The highest BCUT2D eigenvalue weighted by Crippen LogP contribution is 2.18. The highest BCUT2D eigenvalue weighted by atomic mass is 16.6. The first-order chi connectivity index (χ1) is 8.73. The van der Waals surface area contributed by atoms with Gasteiger partial charge in [-0.15, -0.1) is 0 Å². The summed E-state index contributed by atoms with van der Waals surface area (Å²) in [4.78, 5) is 26.3. The van der Waals surface area contributed by atoms with Crippen molar-refractivity contribution < 1.29 is 19.4 Å².